The van der Waals surface area contributed by atoms with Crippen LogP contribution in [0.25, 0.3) is 0 Å². The molecule has 2 aliphatic rings. The molecule has 2 aliphatic heterocycles. The van der Waals surface area contributed by atoms with Gasteiger partial charge >= 0.3 is 0 Å². The van der Waals surface area contributed by atoms with Crippen molar-refractivity contribution in [2.45, 2.75) is 85.3 Å². The Balaban J connectivity index is 1.86. The van der Waals surface area contributed by atoms with E-state index in [2.05, 4.69) is 50.2 Å². The van der Waals surface area contributed by atoms with E-state index in [1.165, 1.54) is 51.7 Å². The van der Waals surface area contributed by atoms with E-state index in [0.29, 0.717) is 18.1 Å². The highest BCUT2D eigenvalue weighted by molar-refractivity contribution is 5.80. The average Bonchev–Trinajstić information content (AvgIpc) is 2.65. The fraction of sp³-hybridized carbons (Fsp3) is 0.955. The van der Waals surface area contributed by atoms with Crippen molar-refractivity contribution in [1.29, 1.82) is 0 Å². The first kappa shape index (κ1) is 22.5. The van der Waals surface area contributed by atoms with Crippen LogP contribution in [0.4, 0.5) is 0 Å². The van der Waals surface area contributed by atoms with Gasteiger partial charge in [0, 0.05) is 44.7 Å². The third-order valence-corrected chi connectivity index (χ3v) is 5.88. The average molecular weight is 381 g/mol. The number of nitrogens with zero attached hydrogens (tertiary/aromatic N) is 2. The summed E-state index contributed by atoms with van der Waals surface area (Å²) >= 11 is 0. The van der Waals surface area contributed by atoms with Gasteiger partial charge in [-0.3, -0.25) is 4.99 Å². The predicted molar refractivity (Wildman–Crippen MR) is 115 cm³/mol. The van der Waals surface area contributed by atoms with Crippen LogP contribution in [0.2, 0.25) is 0 Å². The van der Waals surface area contributed by atoms with Crippen molar-refractivity contribution in [3.05, 3.63) is 0 Å². The summed E-state index contributed by atoms with van der Waals surface area (Å²) in [5.41, 5.74) is 0.178. The number of guanidine groups is 1. The van der Waals surface area contributed by atoms with E-state index in [1.54, 1.807) is 0 Å². The molecule has 2 fully saturated rings. The summed E-state index contributed by atoms with van der Waals surface area (Å²) in [6, 6.07) is 0.543. The Bertz CT molecular complexity index is 438. The maximum atomic E-state index is 6.13. The molecule has 2 N–H and O–H groups in total. The van der Waals surface area contributed by atoms with Crippen LogP contribution in [-0.2, 0) is 4.74 Å². The molecule has 0 spiro atoms. The van der Waals surface area contributed by atoms with Crippen molar-refractivity contribution in [3.63, 3.8) is 0 Å². The fourth-order valence-corrected chi connectivity index (χ4v) is 4.39. The predicted octanol–water partition coefficient (Wildman–Crippen LogP) is 3.65. The minimum Gasteiger partial charge on any atom is -0.377 e. The third-order valence-electron chi connectivity index (χ3n) is 5.88. The van der Waals surface area contributed by atoms with Gasteiger partial charge in [-0.25, -0.2) is 0 Å². The molecular weight excluding hydrogens is 336 g/mol. The lowest BCUT2D eigenvalue weighted by atomic mass is 9.78. The Kier molecular flexibility index (Phi) is 9.37. The van der Waals surface area contributed by atoms with Gasteiger partial charge in [0.05, 0.1) is 6.10 Å². The van der Waals surface area contributed by atoms with Crippen LogP contribution in [0.5, 0.6) is 0 Å². The van der Waals surface area contributed by atoms with Gasteiger partial charge in [0.25, 0.3) is 0 Å². The Morgan fingerprint density at radius 1 is 1.15 bits per heavy atom. The van der Waals surface area contributed by atoms with E-state index in [0.717, 1.165) is 32.1 Å². The molecule has 2 atom stereocenters. The number of piperidine rings is 1. The summed E-state index contributed by atoms with van der Waals surface area (Å²) in [6.07, 6.45) is 7.72. The van der Waals surface area contributed by atoms with Crippen molar-refractivity contribution in [2.75, 3.05) is 39.3 Å². The number of hydrogen-bond donors (Lipinski definition) is 2. The molecule has 5 heteroatoms. The highest BCUT2D eigenvalue weighted by Gasteiger charge is 2.35. The van der Waals surface area contributed by atoms with Gasteiger partial charge in [0.2, 0.25) is 0 Å². The minimum atomic E-state index is 0.178. The van der Waals surface area contributed by atoms with Crippen LogP contribution in [-0.4, -0.2) is 62.3 Å². The van der Waals surface area contributed by atoms with Gasteiger partial charge in [-0.1, -0.05) is 34.1 Å². The monoisotopic (exact) mass is 380 g/mol. The van der Waals surface area contributed by atoms with Gasteiger partial charge in [-0.15, -0.1) is 0 Å². The summed E-state index contributed by atoms with van der Waals surface area (Å²) in [5.74, 6) is 1.51. The second kappa shape index (κ2) is 11.3. The fourth-order valence-electron chi connectivity index (χ4n) is 4.39. The first-order chi connectivity index (χ1) is 12.9. The summed E-state index contributed by atoms with van der Waals surface area (Å²) in [7, 11) is 0. The number of hydrogen-bond acceptors (Lipinski definition) is 3. The van der Waals surface area contributed by atoms with Gasteiger partial charge < -0.3 is 20.3 Å². The number of ether oxygens (including phenoxy) is 1. The molecule has 27 heavy (non-hydrogen) atoms. The van der Waals surface area contributed by atoms with Gasteiger partial charge in [-0.2, -0.15) is 0 Å². The summed E-state index contributed by atoms with van der Waals surface area (Å²) in [5, 5.41) is 7.15. The second-order valence-electron chi connectivity index (χ2n) is 9.39. The van der Waals surface area contributed by atoms with Crippen LogP contribution >= 0.6 is 0 Å². The molecule has 0 bridgehead atoms. The lowest BCUT2D eigenvalue weighted by Crippen LogP contribution is -2.49. The van der Waals surface area contributed by atoms with E-state index >= 15 is 0 Å². The first-order valence-corrected chi connectivity index (χ1v) is 11.3. The Morgan fingerprint density at radius 3 is 2.52 bits per heavy atom. The van der Waals surface area contributed by atoms with E-state index < -0.39 is 0 Å². The molecule has 2 saturated heterocycles. The highest BCUT2D eigenvalue weighted by atomic mass is 16.5. The lowest BCUT2D eigenvalue weighted by Gasteiger charge is -2.39. The molecule has 0 aromatic rings. The first-order valence-electron chi connectivity index (χ1n) is 11.3. The maximum absolute atomic E-state index is 6.13. The molecule has 0 radical (unpaired) electrons. The Morgan fingerprint density at radius 2 is 1.89 bits per heavy atom. The zero-order valence-corrected chi connectivity index (χ0v) is 18.5. The van der Waals surface area contributed by atoms with E-state index in [9.17, 15) is 0 Å². The molecule has 0 aliphatic carbocycles. The number of likely N-dealkylation sites (tertiary alicyclic amines) is 1. The Labute approximate surface area is 167 Å². The molecule has 0 aromatic carbocycles. The molecule has 0 aromatic heterocycles. The van der Waals surface area contributed by atoms with Crippen LogP contribution in [0, 0.1) is 11.3 Å². The van der Waals surface area contributed by atoms with Crippen molar-refractivity contribution >= 4 is 5.96 Å². The molecule has 2 heterocycles. The SMILES string of the molecule is CCCCN1CCC(NC(=NCC2CCCOC2C(C)(C)C)NCC)CC1. The van der Waals surface area contributed by atoms with Crippen molar-refractivity contribution in [2.24, 2.45) is 16.3 Å². The van der Waals surface area contributed by atoms with Crippen molar-refractivity contribution < 1.29 is 4.74 Å². The molecule has 158 valence electrons. The minimum absolute atomic E-state index is 0.178. The normalized spacial score (nSPS) is 26.2. The number of rotatable bonds is 7. The molecule has 0 amide bonds. The highest BCUT2D eigenvalue weighted by Crippen LogP contribution is 2.34. The smallest absolute Gasteiger partial charge is 0.191 e. The van der Waals surface area contributed by atoms with Gasteiger partial charge in [-0.05, 0) is 51.0 Å². The van der Waals surface area contributed by atoms with Crippen molar-refractivity contribution in [3.8, 4) is 0 Å². The van der Waals surface area contributed by atoms with E-state index in [-0.39, 0.29) is 5.41 Å². The molecular formula is C22H44N4O. The van der Waals surface area contributed by atoms with Gasteiger partial charge in [0.15, 0.2) is 5.96 Å². The molecule has 5 nitrogen and oxygen atoms in total. The summed E-state index contributed by atoms with van der Waals surface area (Å²) in [4.78, 5) is 7.57. The standard InChI is InChI=1S/C22H44N4O/c1-6-8-13-26-14-11-19(12-15-26)25-21(23-7-2)24-17-18-10-9-16-27-20(18)22(3,4)5/h18-20H,6-17H2,1-5H3,(H2,23,24,25). The maximum Gasteiger partial charge on any atom is 0.191 e. The van der Waals surface area contributed by atoms with Crippen LogP contribution in [0.15, 0.2) is 4.99 Å². The Hall–Kier alpha value is -0.810. The topological polar surface area (TPSA) is 48.9 Å². The molecule has 2 unspecified atom stereocenters. The largest absolute Gasteiger partial charge is 0.377 e. The zero-order chi connectivity index (χ0) is 19.7. The quantitative estimate of drug-likeness (QED) is 0.523. The van der Waals surface area contributed by atoms with Crippen LogP contribution in [0.3, 0.4) is 0 Å². The second-order valence-corrected chi connectivity index (χ2v) is 9.39. The lowest BCUT2D eigenvalue weighted by molar-refractivity contribution is -0.0823. The van der Waals surface area contributed by atoms with E-state index in [4.69, 9.17) is 9.73 Å². The summed E-state index contributed by atoms with van der Waals surface area (Å²) < 4.78 is 6.13. The van der Waals surface area contributed by atoms with Crippen molar-refractivity contribution in [1.82, 2.24) is 15.5 Å². The number of unbranched alkanes of at least 4 members (excludes halogenated alkanes) is 1. The number of aliphatic imine (C=N–C) groups is 1. The summed E-state index contributed by atoms with van der Waals surface area (Å²) in [6.45, 7) is 17.6. The molecule has 2 rings (SSSR count). The third kappa shape index (κ3) is 7.61. The van der Waals surface area contributed by atoms with Crippen LogP contribution in [0.1, 0.15) is 73.1 Å². The zero-order valence-electron chi connectivity index (χ0n) is 18.5. The van der Waals surface area contributed by atoms with Gasteiger partial charge in [0.1, 0.15) is 0 Å². The van der Waals surface area contributed by atoms with Crippen LogP contribution < -0.4 is 10.6 Å². The van der Waals surface area contributed by atoms with E-state index in [1.807, 2.05) is 0 Å². The molecule has 0 saturated carbocycles. The number of nitrogens with one attached hydrogen (secondary N) is 2.